The number of ether oxygens (including phenoxy) is 1. The summed E-state index contributed by atoms with van der Waals surface area (Å²) in [6.45, 7) is 4.07. The van der Waals surface area contributed by atoms with E-state index in [0.717, 1.165) is 0 Å². The van der Waals surface area contributed by atoms with E-state index in [1.54, 1.807) is 18.2 Å². The molecule has 0 saturated carbocycles. The fraction of sp³-hybridized carbons (Fsp3) is 0.533. The molecule has 2 N–H and O–H groups in total. The van der Waals surface area contributed by atoms with E-state index in [9.17, 15) is 9.18 Å². The summed E-state index contributed by atoms with van der Waals surface area (Å²) in [7, 11) is 0. The first-order valence-corrected chi connectivity index (χ1v) is 6.82. The summed E-state index contributed by atoms with van der Waals surface area (Å²) in [6.07, 6.45) is 0.786. The van der Waals surface area contributed by atoms with Crippen LogP contribution in [0, 0.1) is 11.7 Å². The molecule has 0 fully saturated rings. The van der Waals surface area contributed by atoms with Gasteiger partial charge in [-0.1, -0.05) is 26.0 Å². The largest absolute Gasteiger partial charge is 0.491 e. The number of amides is 1. The Morgan fingerprint density at radius 2 is 2.10 bits per heavy atom. The fourth-order valence-corrected chi connectivity index (χ4v) is 1.68. The van der Waals surface area contributed by atoms with E-state index in [1.165, 1.54) is 6.07 Å². The zero-order chi connectivity index (χ0) is 15.0. The van der Waals surface area contributed by atoms with Gasteiger partial charge in [0, 0.05) is 6.42 Å². The molecule has 0 aliphatic heterocycles. The van der Waals surface area contributed by atoms with Crippen molar-refractivity contribution in [2.45, 2.75) is 32.7 Å². The van der Waals surface area contributed by atoms with Crippen molar-refractivity contribution in [1.82, 2.24) is 5.32 Å². The van der Waals surface area contributed by atoms with E-state index in [2.05, 4.69) is 5.32 Å². The van der Waals surface area contributed by atoms with Crippen molar-refractivity contribution < 1.29 is 19.0 Å². The van der Waals surface area contributed by atoms with Crippen molar-refractivity contribution in [3.05, 3.63) is 30.1 Å². The van der Waals surface area contributed by atoms with Crippen molar-refractivity contribution in [1.29, 1.82) is 0 Å². The SMILES string of the molecule is CC(C)[C@@H](CO)NC(=O)CCCOc1ccccc1F. The third-order valence-corrected chi connectivity index (χ3v) is 2.99. The molecule has 1 aromatic carbocycles. The number of nitrogens with one attached hydrogen (secondary N) is 1. The predicted octanol–water partition coefficient (Wildman–Crippen LogP) is 2.12. The number of carbonyl (C=O) groups excluding carboxylic acids is 1. The number of carbonyl (C=O) groups is 1. The predicted molar refractivity (Wildman–Crippen MR) is 75.0 cm³/mol. The molecule has 1 atom stereocenters. The number of halogens is 1. The van der Waals surface area contributed by atoms with E-state index in [-0.39, 0.29) is 43.3 Å². The lowest BCUT2D eigenvalue weighted by molar-refractivity contribution is -0.122. The van der Waals surface area contributed by atoms with Crippen molar-refractivity contribution in [3.63, 3.8) is 0 Å². The van der Waals surface area contributed by atoms with Crippen LogP contribution in [0.3, 0.4) is 0 Å². The molecule has 0 aromatic heterocycles. The van der Waals surface area contributed by atoms with Gasteiger partial charge in [0.25, 0.3) is 0 Å². The molecule has 5 heteroatoms. The average molecular weight is 283 g/mol. The van der Waals surface area contributed by atoms with E-state index < -0.39 is 5.82 Å². The van der Waals surface area contributed by atoms with Crippen LogP contribution in [0.25, 0.3) is 0 Å². The van der Waals surface area contributed by atoms with Gasteiger partial charge in [0.15, 0.2) is 11.6 Å². The standard InChI is InChI=1S/C15H22FNO3/c1-11(2)13(10-18)17-15(19)8-5-9-20-14-7-4-3-6-12(14)16/h3-4,6-7,11,13,18H,5,8-10H2,1-2H3,(H,17,19)/t13-/m1/s1. The molecule has 0 unspecified atom stereocenters. The Bertz CT molecular complexity index is 423. The summed E-state index contributed by atoms with van der Waals surface area (Å²) in [5.41, 5.74) is 0. The lowest BCUT2D eigenvalue weighted by Crippen LogP contribution is -2.41. The van der Waals surface area contributed by atoms with E-state index >= 15 is 0 Å². The second kappa shape index (κ2) is 8.53. The highest BCUT2D eigenvalue weighted by Gasteiger charge is 2.14. The number of para-hydroxylation sites is 1. The maximum atomic E-state index is 13.3. The van der Waals surface area contributed by atoms with Crippen LogP contribution in [-0.4, -0.2) is 30.3 Å². The van der Waals surface area contributed by atoms with Gasteiger partial charge in [-0.2, -0.15) is 0 Å². The maximum Gasteiger partial charge on any atom is 0.220 e. The van der Waals surface area contributed by atoms with Crippen molar-refractivity contribution in [2.75, 3.05) is 13.2 Å². The van der Waals surface area contributed by atoms with Gasteiger partial charge in [-0.15, -0.1) is 0 Å². The fourth-order valence-electron chi connectivity index (χ4n) is 1.68. The molecule has 0 bridgehead atoms. The summed E-state index contributed by atoms with van der Waals surface area (Å²) in [4.78, 5) is 11.6. The second-order valence-electron chi connectivity index (χ2n) is 4.98. The Labute approximate surface area is 119 Å². The summed E-state index contributed by atoms with van der Waals surface area (Å²) < 4.78 is 18.5. The first-order valence-electron chi connectivity index (χ1n) is 6.82. The zero-order valence-corrected chi connectivity index (χ0v) is 11.9. The summed E-state index contributed by atoms with van der Waals surface area (Å²) in [5.74, 6) is -0.158. The van der Waals surface area contributed by atoms with E-state index in [1.807, 2.05) is 13.8 Å². The molecule has 0 aliphatic rings. The molecule has 4 nitrogen and oxygen atoms in total. The Morgan fingerprint density at radius 1 is 1.40 bits per heavy atom. The van der Waals surface area contributed by atoms with E-state index in [0.29, 0.717) is 6.42 Å². The van der Waals surface area contributed by atoms with Crippen molar-refractivity contribution in [3.8, 4) is 5.75 Å². The van der Waals surface area contributed by atoms with Gasteiger partial charge in [-0.05, 0) is 24.5 Å². The van der Waals surface area contributed by atoms with Crippen LogP contribution in [0.2, 0.25) is 0 Å². The topological polar surface area (TPSA) is 58.6 Å². The van der Waals surface area contributed by atoms with E-state index in [4.69, 9.17) is 9.84 Å². The molecule has 0 saturated heterocycles. The molecule has 0 heterocycles. The molecule has 20 heavy (non-hydrogen) atoms. The first kappa shape index (κ1) is 16.4. The van der Waals surface area contributed by atoms with Crippen LogP contribution >= 0.6 is 0 Å². The summed E-state index contributed by atoms with van der Waals surface area (Å²) >= 11 is 0. The highest BCUT2D eigenvalue weighted by Crippen LogP contribution is 2.15. The maximum absolute atomic E-state index is 13.3. The summed E-state index contributed by atoms with van der Waals surface area (Å²) in [5, 5.41) is 11.9. The van der Waals surface area contributed by atoms with Crippen LogP contribution in [0.4, 0.5) is 4.39 Å². The second-order valence-corrected chi connectivity index (χ2v) is 4.98. The van der Waals surface area contributed by atoms with Gasteiger partial charge in [-0.25, -0.2) is 4.39 Å². The molecule has 112 valence electrons. The van der Waals surface area contributed by atoms with Crippen LogP contribution in [0.5, 0.6) is 5.75 Å². The monoisotopic (exact) mass is 283 g/mol. The van der Waals surface area contributed by atoms with Crippen LogP contribution in [0.15, 0.2) is 24.3 Å². The third kappa shape index (κ3) is 5.57. The minimum Gasteiger partial charge on any atom is -0.491 e. The number of benzene rings is 1. The minimum atomic E-state index is -0.405. The average Bonchev–Trinajstić information content (AvgIpc) is 2.42. The first-order chi connectivity index (χ1) is 9.54. The Hall–Kier alpha value is -1.62. The molecule has 0 radical (unpaired) electrons. The van der Waals surface area contributed by atoms with Crippen LogP contribution < -0.4 is 10.1 Å². The van der Waals surface area contributed by atoms with Gasteiger partial charge >= 0.3 is 0 Å². The number of aliphatic hydroxyl groups excluding tert-OH is 1. The van der Waals surface area contributed by atoms with Crippen LogP contribution in [-0.2, 0) is 4.79 Å². The van der Waals surface area contributed by atoms with Gasteiger partial charge in [0.2, 0.25) is 5.91 Å². The van der Waals surface area contributed by atoms with Crippen molar-refractivity contribution in [2.24, 2.45) is 5.92 Å². The van der Waals surface area contributed by atoms with Gasteiger partial charge in [0.1, 0.15) is 0 Å². The third-order valence-electron chi connectivity index (χ3n) is 2.99. The molecule has 0 aliphatic carbocycles. The highest BCUT2D eigenvalue weighted by atomic mass is 19.1. The minimum absolute atomic E-state index is 0.0743. The quantitative estimate of drug-likeness (QED) is 0.718. The molecule has 1 aromatic rings. The van der Waals surface area contributed by atoms with Gasteiger partial charge < -0.3 is 15.2 Å². The summed E-state index contributed by atoms with van der Waals surface area (Å²) in [6, 6.07) is 5.94. The lowest BCUT2D eigenvalue weighted by Gasteiger charge is -2.19. The molecule has 0 spiro atoms. The normalized spacial score (nSPS) is 12.2. The van der Waals surface area contributed by atoms with Gasteiger partial charge in [0.05, 0.1) is 19.3 Å². The lowest BCUT2D eigenvalue weighted by atomic mass is 10.1. The molecule has 1 rings (SSSR count). The smallest absolute Gasteiger partial charge is 0.220 e. The Morgan fingerprint density at radius 3 is 2.70 bits per heavy atom. The highest BCUT2D eigenvalue weighted by molar-refractivity contribution is 5.76. The number of hydrogen-bond acceptors (Lipinski definition) is 3. The number of rotatable bonds is 8. The molecular formula is C15H22FNO3. The molecular weight excluding hydrogens is 261 g/mol. The van der Waals surface area contributed by atoms with Gasteiger partial charge in [-0.3, -0.25) is 4.79 Å². The Kier molecular flexibility index (Phi) is 7.01. The van der Waals surface area contributed by atoms with Crippen molar-refractivity contribution >= 4 is 5.91 Å². The van der Waals surface area contributed by atoms with Crippen LogP contribution in [0.1, 0.15) is 26.7 Å². The number of hydrogen-bond donors (Lipinski definition) is 2. The Balaban J connectivity index is 2.24. The molecule has 1 amide bonds. The number of aliphatic hydroxyl groups is 1. The zero-order valence-electron chi connectivity index (χ0n) is 11.9.